The molecule has 1 aromatic heterocycles. The molecule has 0 aliphatic heterocycles. The molecule has 0 spiro atoms. The smallest absolute Gasteiger partial charge is 0.338 e. The van der Waals surface area contributed by atoms with E-state index in [1.807, 2.05) is 0 Å². The van der Waals surface area contributed by atoms with Gasteiger partial charge in [0.15, 0.2) is 0 Å². The monoisotopic (exact) mass is 368 g/mol. The van der Waals surface area contributed by atoms with Crippen LogP contribution in [0.1, 0.15) is 10.4 Å². The Balaban J connectivity index is 2.28. The van der Waals surface area contributed by atoms with E-state index in [0.29, 0.717) is 21.9 Å². The van der Waals surface area contributed by atoms with Crippen LogP contribution >= 0.6 is 27.5 Å². The number of halogens is 3. The van der Waals surface area contributed by atoms with Gasteiger partial charge in [-0.1, -0.05) is 27.5 Å². The van der Waals surface area contributed by atoms with Crippen molar-refractivity contribution in [2.24, 2.45) is 0 Å². The topological polar surface area (TPSA) is 66.0 Å². The van der Waals surface area contributed by atoms with Crippen LogP contribution in [0.5, 0.6) is 0 Å². The van der Waals surface area contributed by atoms with E-state index in [0.717, 1.165) is 10.5 Å². The second-order valence-corrected chi connectivity index (χ2v) is 5.66. The number of fused-ring (bicyclic) bond motifs is 1. The molecule has 1 heterocycles. The van der Waals surface area contributed by atoms with Crippen molar-refractivity contribution in [2.45, 2.75) is 0 Å². The molecule has 0 saturated carbocycles. The molecule has 2 aromatic carbocycles. The lowest BCUT2D eigenvalue weighted by molar-refractivity contribution is 0.0698. The number of carboxylic acids is 1. The maximum Gasteiger partial charge on any atom is 0.338 e. The van der Waals surface area contributed by atoms with Crippen LogP contribution in [0.3, 0.4) is 0 Å². The highest BCUT2D eigenvalue weighted by molar-refractivity contribution is 9.10. The zero-order chi connectivity index (χ0) is 15.1. The van der Waals surface area contributed by atoms with Crippen LogP contribution < -0.4 is 0 Å². The number of benzene rings is 2. The number of aromatic amines is 1. The first kappa shape index (κ1) is 14.0. The van der Waals surface area contributed by atoms with E-state index in [4.69, 9.17) is 16.7 Å². The summed E-state index contributed by atoms with van der Waals surface area (Å²) in [5.41, 5.74) is 0.987. The number of nitrogens with one attached hydrogen (secondary N) is 1. The molecular formula is C14H7BrClFN2O2. The van der Waals surface area contributed by atoms with E-state index >= 15 is 0 Å². The minimum absolute atomic E-state index is 0.189. The summed E-state index contributed by atoms with van der Waals surface area (Å²) < 4.78 is 14.2. The van der Waals surface area contributed by atoms with Crippen molar-refractivity contribution in [3.05, 3.63) is 51.2 Å². The Labute approximate surface area is 131 Å². The minimum Gasteiger partial charge on any atom is -0.478 e. The number of H-pyrrole nitrogens is 1. The van der Waals surface area contributed by atoms with Crippen LogP contribution in [0.4, 0.5) is 4.39 Å². The molecule has 4 nitrogen and oxygen atoms in total. The fourth-order valence-corrected chi connectivity index (χ4v) is 2.66. The normalized spacial score (nSPS) is 11.0. The molecular weight excluding hydrogens is 363 g/mol. The van der Waals surface area contributed by atoms with Gasteiger partial charge in [0.1, 0.15) is 17.2 Å². The van der Waals surface area contributed by atoms with Gasteiger partial charge in [-0.3, -0.25) is 0 Å². The lowest BCUT2D eigenvalue weighted by Crippen LogP contribution is -1.98. The molecule has 0 saturated heterocycles. The number of hydrogen-bond acceptors (Lipinski definition) is 2. The van der Waals surface area contributed by atoms with E-state index in [1.165, 1.54) is 6.07 Å². The number of carboxylic acid groups (broad SMARTS) is 1. The van der Waals surface area contributed by atoms with Gasteiger partial charge in [0.25, 0.3) is 0 Å². The molecule has 7 heteroatoms. The third-order valence-electron chi connectivity index (χ3n) is 2.97. The van der Waals surface area contributed by atoms with Crippen molar-refractivity contribution in [1.82, 2.24) is 9.97 Å². The number of carbonyl (C=O) groups is 1. The summed E-state index contributed by atoms with van der Waals surface area (Å²) in [6.07, 6.45) is 0. The molecule has 0 bridgehead atoms. The average molecular weight is 370 g/mol. The maximum atomic E-state index is 13.5. The zero-order valence-electron chi connectivity index (χ0n) is 10.3. The fourth-order valence-electron chi connectivity index (χ4n) is 2.05. The predicted octanol–water partition coefficient (Wildman–Crippen LogP) is 4.48. The summed E-state index contributed by atoms with van der Waals surface area (Å²) in [5.74, 6) is -1.46. The summed E-state index contributed by atoms with van der Waals surface area (Å²) >= 11 is 9.33. The minimum atomic E-state index is -1.23. The highest BCUT2D eigenvalue weighted by Gasteiger charge is 2.16. The van der Waals surface area contributed by atoms with Gasteiger partial charge in [0.2, 0.25) is 0 Å². The van der Waals surface area contributed by atoms with Crippen LogP contribution in [0, 0.1) is 5.82 Å². The quantitative estimate of drug-likeness (QED) is 0.700. The van der Waals surface area contributed by atoms with Crippen LogP contribution in [0.25, 0.3) is 22.4 Å². The summed E-state index contributed by atoms with van der Waals surface area (Å²) in [5, 5.41) is 9.65. The third kappa shape index (κ3) is 2.52. The molecule has 0 unspecified atom stereocenters. The highest BCUT2D eigenvalue weighted by atomic mass is 79.9. The Hall–Kier alpha value is -1.92. The second kappa shape index (κ2) is 5.13. The number of aromatic carboxylic acids is 1. The van der Waals surface area contributed by atoms with Gasteiger partial charge in [-0.2, -0.15) is 0 Å². The van der Waals surface area contributed by atoms with E-state index in [2.05, 4.69) is 25.9 Å². The molecule has 2 N–H and O–H groups in total. The first-order chi connectivity index (χ1) is 9.95. The number of aromatic nitrogens is 2. The van der Waals surface area contributed by atoms with Crippen molar-refractivity contribution < 1.29 is 14.3 Å². The first-order valence-corrected chi connectivity index (χ1v) is 7.01. The zero-order valence-corrected chi connectivity index (χ0v) is 12.7. The average Bonchev–Trinajstić information content (AvgIpc) is 2.83. The molecule has 0 aliphatic rings. The van der Waals surface area contributed by atoms with Crippen molar-refractivity contribution in [2.75, 3.05) is 0 Å². The molecule has 0 atom stereocenters. The first-order valence-electron chi connectivity index (χ1n) is 5.83. The van der Waals surface area contributed by atoms with Gasteiger partial charge >= 0.3 is 5.97 Å². The highest BCUT2D eigenvalue weighted by Crippen LogP contribution is 2.31. The fraction of sp³-hybridized carbons (Fsp3) is 0. The third-order valence-corrected chi connectivity index (χ3v) is 3.89. The molecule has 21 heavy (non-hydrogen) atoms. The Morgan fingerprint density at radius 3 is 2.81 bits per heavy atom. The van der Waals surface area contributed by atoms with E-state index in [9.17, 15) is 9.18 Å². The molecule has 106 valence electrons. The van der Waals surface area contributed by atoms with E-state index in [1.54, 1.807) is 18.2 Å². The molecule has 0 radical (unpaired) electrons. The van der Waals surface area contributed by atoms with Crippen molar-refractivity contribution in [3.8, 4) is 11.4 Å². The van der Waals surface area contributed by atoms with Gasteiger partial charge in [-0.05, 0) is 30.3 Å². The van der Waals surface area contributed by atoms with Crippen molar-refractivity contribution in [1.29, 1.82) is 0 Å². The Morgan fingerprint density at radius 1 is 1.33 bits per heavy atom. The number of imidazole rings is 1. The summed E-state index contributed by atoms with van der Waals surface area (Å²) in [6.45, 7) is 0. The van der Waals surface area contributed by atoms with Crippen LogP contribution in [-0.2, 0) is 0 Å². The van der Waals surface area contributed by atoms with Crippen LogP contribution in [-0.4, -0.2) is 21.0 Å². The van der Waals surface area contributed by atoms with Crippen molar-refractivity contribution >= 4 is 44.5 Å². The van der Waals surface area contributed by atoms with Gasteiger partial charge < -0.3 is 10.1 Å². The Kier molecular flexibility index (Phi) is 3.43. The van der Waals surface area contributed by atoms with Crippen molar-refractivity contribution in [3.63, 3.8) is 0 Å². The Bertz CT molecular complexity index is 879. The summed E-state index contributed by atoms with van der Waals surface area (Å²) in [4.78, 5) is 18.4. The van der Waals surface area contributed by atoms with Crippen LogP contribution in [0.15, 0.2) is 34.8 Å². The lowest BCUT2D eigenvalue weighted by Gasteiger charge is -2.00. The predicted molar refractivity (Wildman–Crippen MR) is 81.2 cm³/mol. The van der Waals surface area contributed by atoms with E-state index < -0.39 is 11.8 Å². The standard InChI is InChI=1S/C14H7BrClFN2O2/c15-10-2-1-6(16)3-8(10)13-18-11-5-7(17)4-9(14(20)21)12(11)19-13/h1-5H,(H,18,19)(H,20,21). The van der Waals surface area contributed by atoms with E-state index in [-0.39, 0.29) is 11.1 Å². The second-order valence-electron chi connectivity index (χ2n) is 4.36. The molecule has 0 amide bonds. The van der Waals surface area contributed by atoms with Crippen LogP contribution in [0.2, 0.25) is 5.02 Å². The molecule has 0 fully saturated rings. The SMILES string of the molecule is O=C(O)c1cc(F)cc2[nH]c(-c3cc(Cl)ccc3Br)nc12. The summed E-state index contributed by atoms with van der Waals surface area (Å²) in [7, 11) is 0. The molecule has 0 aliphatic carbocycles. The molecule has 3 aromatic rings. The lowest BCUT2D eigenvalue weighted by atomic mass is 10.2. The molecule has 3 rings (SSSR count). The number of nitrogens with zero attached hydrogens (tertiary/aromatic N) is 1. The number of hydrogen-bond donors (Lipinski definition) is 2. The van der Waals surface area contributed by atoms with Gasteiger partial charge in [0.05, 0.1) is 11.1 Å². The Morgan fingerprint density at radius 2 is 2.10 bits per heavy atom. The van der Waals surface area contributed by atoms with Gasteiger partial charge in [0, 0.05) is 15.1 Å². The van der Waals surface area contributed by atoms with Gasteiger partial charge in [-0.25, -0.2) is 14.2 Å². The van der Waals surface area contributed by atoms with Gasteiger partial charge in [-0.15, -0.1) is 0 Å². The number of rotatable bonds is 2. The largest absolute Gasteiger partial charge is 0.478 e. The maximum absolute atomic E-state index is 13.5. The summed E-state index contributed by atoms with van der Waals surface area (Å²) in [6, 6.07) is 7.29.